The summed E-state index contributed by atoms with van der Waals surface area (Å²) < 4.78 is 2.41. The number of halogens is 3. The fraction of sp³-hybridized carbons (Fsp3) is 0.0952. The number of nitrogens with one attached hydrogen (secondary N) is 1. The van der Waals surface area contributed by atoms with E-state index in [1.54, 1.807) is 42.5 Å². The van der Waals surface area contributed by atoms with E-state index in [0.717, 1.165) is 27.0 Å². The van der Waals surface area contributed by atoms with Crippen molar-refractivity contribution in [2.75, 3.05) is 0 Å². The molecule has 0 radical (unpaired) electrons. The highest BCUT2D eigenvalue weighted by Gasteiger charge is 2.15. The first-order valence-corrected chi connectivity index (χ1v) is 11.0. The van der Waals surface area contributed by atoms with Gasteiger partial charge in [0.25, 0.3) is 11.5 Å². The van der Waals surface area contributed by atoms with Crippen LogP contribution in [0.5, 0.6) is 0 Å². The highest BCUT2D eigenvalue weighted by molar-refractivity contribution is 7.19. The molecule has 0 unspecified atom stereocenters. The van der Waals surface area contributed by atoms with Crippen molar-refractivity contribution in [3.05, 3.63) is 107 Å². The molecule has 0 fully saturated rings. The highest BCUT2D eigenvalue weighted by atomic mass is 35.5. The number of nitrogens with zero attached hydrogens (tertiary/aromatic N) is 2. The number of hydrogen-bond acceptors (Lipinski definition) is 4. The molecule has 4 rings (SSSR count). The number of thiazole rings is 1. The van der Waals surface area contributed by atoms with Crippen LogP contribution in [0.25, 0.3) is 4.83 Å². The van der Waals surface area contributed by atoms with E-state index in [0.29, 0.717) is 24.8 Å². The first-order valence-electron chi connectivity index (χ1n) is 9.04. The standard InChI is InChI=1S/C21H14Cl3N3O3S/c22-14-4-1-12(2-5-14)10-26-18(28)8-19-27(21(26)30)11-17(31-19)20(29)25-9-13-3-6-15(23)16(24)7-13/h1-8,11H,9-10H2,(H,25,29). The SMILES string of the molecule is O=C(NCc1ccc(Cl)c(Cl)c1)c1cn2c(=O)n(Cc3ccc(Cl)cc3)c(=O)cc2s1. The lowest BCUT2D eigenvalue weighted by Gasteiger charge is -2.05. The average Bonchev–Trinajstić information content (AvgIpc) is 3.17. The van der Waals surface area contributed by atoms with Crippen LogP contribution >= 0.6 is 46.1 Å². The van der Waals surface area contributed by atoms with Gasteiger partial charge in [0.2, 0.25) is 0 Å². The number of aromatic nitrogens is 2. The molecule has 0 spiro atoms. The molecule has 4 aromatic rings. The van der Waals surface area contributed by atoms with Gasteiger partial charge in [-0.25, -0.2) is 4.79 Å². The molecule has 31 heavy (non-hydrogen) atoms. The van der Waals surface area contributed by atoms with Crippen LogP contribution in [0.2, 0.25) is 15.1 Å². The molecule has 2 aromatic carbocycles. The van der Waals surface area contributed by atoms with E-state index in [2.05, 4.69) is 5.32 Å². The summed E-state index contributed by atoms with van der Waals surface area (Å²) in [5.74, 6) is -0.365. The Morgan fingerprint density at radius 1 is 0.935 bits per heavy atom. The average molecular weight is 495 g/mol. The van der Waals surface area contributed by atoms with Crippen molar-refractivity contribution in [3.63, 3.8) is 0 Å². The fourth-order valence-corrected chi connectivity index (χ4v) is 4.35. The summed E-state index contributed by atoms with van der Waals surface area (Å²) in [5, 5.41) is 4.17. The summed E-state index contributed by atoms with van der Waals surface area (Å²) in [6.07, 6.45) is 1.43. The van der Waals surface area contributed by atoms with Gasteiger partial charge in [0, 0.05) is 23.8 Å². The van der Waals surface area contributed by atoms with Gasteiger partial charge in [-0.2, -0.15) is 0 Å². The quantitative estimate of drug-likeness (QED) is 0.445. The zero-order chi connectivity index (χ0) is 22.1. The number of hydrogen-bond donors (Lipinski definition) is 1. The molecule has 10 heteroatoms. The van der Waals surface area contributed by atoms with Gasteiger partial charge in [-0.05, 0) is 35.4 Å². The third-order valence-electron chi connectivity index (χ3n) is 4.56. The maximum atomic E-state index is 12.9. The Morgan fingerprint density at radius 3 is 2.35 bits per heavy atom. The fourth-order valence-electron chi connectivity index (χ4n) is 2.97. The Labute approximate surface area is 195 Å². The summed E-state index contributed by atoms with van der Waals surface area (Å²) in [4.78, 5) is 38.6. The number of benzene rings is 2. The smallest absolute Gasteiger partial charge is 0.336 e. The highest BCUT2D eigenvalue weighted by Crippen LogP contribution is 2.22. The maximum absolute atomic E-state index is 12.9. The van der Waals surface area contributed by atoms with Crippen LogP contribution in [0.3, 0.4) is 0 Å². The molecule has 2 heterocycles. The van der Waals surface area contributed by atoms with Gasteiger partial charge < -0.3 is 5.32 Å². The van der Waals surface area contributed by atoms with Gasteiger partial charge in [-0.15, -0.1) is 11.3 Å². The number of amides is 1. The third kappa shape index (κ3) is 4.70. The van der Waals surface area contributed by atoms with Crippen molar-refractivity contribution in [3.8, 4) is 0 Å². The second kappa shape index (κ2) is 8.88. The first-order chi connectivity index (χ1) is 14.8. The second-order valence-electron chi connectivity index (χ2n) is 6.71. The van der Waals surface area contributed by atoms with Gasteiger partial charge in [-0.3, -0.25) is 18.6 Å². The molecule has 0 aliphatic rings. The third-order valence-corrected chi connectivity index (χ3v) is 6.59. The van der Waals surface area contributed by atoms with Crippen LogP contribution in [0.1, 0.15) is 20.8 Å². The van der Waals surface area contributed by atoms with Crippen LogP contribution in [0, 0.1) is 0 Å². The molecule has 1 N–H and O–H groups in total. The Morgan fingerprint density at radius 2 is 1.65 bits per heavy atom. The van der Waals surface area contributed by atoms with Crippen molar-refractivity contribution >= 4 is 56.9 Å². The summed E-state index contributed by atoms with van der Waals surface area (Å²) in [6, 6.07) is 13.3. The molecule has 0 bridgehead atoms. The minimum absolute atomic E-state index is 0.104. The number of carbonyl (C=O) groups is 1. The molecule has 0 atom stereocenters. The number of rotatable bonds is 5. The van der Waals surface area contributed by atoms with Crippen molar-refractivity contribution in [2.45, 2.75) is 13.1 Å². The number of carbonyl (C=O) groups excluding carboxylic acids is 1. The molecule has 1 amide bonds. The van der Waals surface area contributed by atoms with Crippen LogP contribution < -0.4 is 16.6 Å². The molecule has 0 aliphatic heterocycles. The predicted molar refractivity (Wildman–Crippen MR) is 124 cm³/mol. The van der Waals surface area contributed by atoms with Gasteiger partial charge in [0.15, 0.2) is 0 Å². The van der Waals surface area contributed by atoms with Gasteiger partial charge in [0.1, 0.15) is 9.71 Å². The minimum Gasteiger partial charge on any atom is -0.347 e. The predicted octanol–water partition coefficient (Wildman–Crippen LogP) is 4.46. The van der Waals surface area contributed by atoms with E-state index in [4.69, 9.17) is 34.8 Å². The monoisotopic (exact) mass is 493 g/mol. The van der Waals surface area contributed by atoms with Crippen LogP contribution in [-0.4, -0.2) is 14.9 Å². The van der Waals surface area contributed by atoms with E-state index >= 15 is 0 Å². The zero-order valence-corrected chi connectivity index (χ0v) is 18.9. The zero-order valence-electron chi connectivity index (χ0n) is 15.8. The molecule has 6 nitrogen and oxygen atoms in total. The largest absolute Gasteiger partial charge is 0.347 e. The molecule has 0 saturated carbocycles. The molecule has 2 aromatic heterocycles. The molecular weight excluding hydrogens is 481 g/mol. The second-order valence-corrected chi connectivity index (χ2v) is 9.03. The van der Waals surface area contributed by atoms with Crippen LogP contribution in [0.15, 0.2) is 64.3 Å². The summed E-state index contributed by atoms with van der Waals surface area (Å²) in [7, 11) is 0. The lowest BCUT2D eigenvalue weighted by molar-refractivity contribution is 0.0954. The number of fused-ring (bicyclic) bond motifs is 1. The van der Waals surface area contributed by atoms with E-state index in [1.807, 2.05) is 0 Å². The van der Waals surface area contributed by atoms with E-state index in [1.165, 1.54) is 16.7 Å². The summed E-state index contributed by atoms with van der Waals surface area (Å²) >= 11 is 18.8. The van der Waals surface area contributed by atoms with Crippen molar-refractivity contribution < 1.29 is 4.79 Å². The molecule has 0 aliphatic carbocycles. The Balaban J connectivity index is 1.58. The minimum atomic E-state index is -0.516. The van der Waals surface area contributed by atoms with E-state index in [9.17, 15) is 14.4 Å². The van der Waals surface area contributed by atoms with Gasteiger partial charge >= 0.3 is 5.69 Å². The molecule has 0 saturated heterocycles. The van der Waals surface area contributed by atoms with Crippen molar-refractivity contribution in [1.82, 2.24) is 14.3 Å². The maximum Gasteiger partial charge on any atom is 0.336 e. The topological polar surface area (TPSA) is 72.6 Å². The lowest BCUT2D eigenvalue weighted by atomic mass is 10.2. The summed E-state index contributed by atoms with van der Waals surface area (Å²) in [6.45, 7) is 0.342. The molecule has 158 valence electrons. The summed E-state index contributed by atoms with van der Waals surface area (Å²) in [5.41, 5.74) is 0.587. The van der Waals surface area contributed by atoms with Crippen LogP contribution in [0.4, 0.5) is 0 Å². The molecular formula is C21H14Cl3N3O3S. The van der Waals surface area contributed by atoms with Crippen LogP contribution in [-0.2, 0) is 13.1 Å². The first kappa shape index (κ1) is 21.6. The Kier molecular flexibility index (Phi) is 6.20. The Bertz CT molecular complexity index is 1410. The van der Waals surface area contributed by atoms with Crippen molar-refractivity contribution in [1.29, 1.82) is 0 Å². The lowest BCUT2D eigenvalue weighted by Crippen LogP contribution is -2.36. The van der Waals surface area contributed by atoms with E-state index in [-0.39, 0.29) is 19.0 Å². The van der Waals surface area contributed by atoms with Gasteiger partial charge in [0.05, 0.1) is 16.6 Å². The Hall–Kier alpha value is -2.58. The van der Waals surface area contributed by atoms with E-state index < -0.39 is 11.2 Å². The normalized spacial score (nSPS) is 11.1. The van der Waals surface area contributed by atoms with Gasteiger partial charge in [-0.1, -0.05) is 53.0 Å². The van der Waals surface area contributed by atoms with Crippen molar-refractivity contribution in [2.24, 2.45) is 0 Å².